The Kier molecular flexibility index (Phi) is 5.88. The van der Waals surface area contributed by atoms with Gasteiger partial charge < -0.3 is 14.9 Å². The van der Waals surface area contributed by atoms with E-state index in [0.717, 1.165) is 0 Å². The number of aromatic nitrogens is 3. The number of carbonyl (C=O) groups excluding carboxylic acids is 1. The highest BCUT2D eigenvalue weighted by molar-refractivity contribution is 5.94. The first-order valence-corrected chi connectivity index (χ1v) is 8.26. The highest BCUT2D eigenvalue weighted by Crippen LogP contribution is 2.20. The summed E-state index contributed by atoms with van der Waals surface area (Å²) < 4.78 is 19.5. The Hall–Kier alpha value is -4.15. The van der Waals surface area contributed by atoms with Gasteiger partial charge in [-0.3, -0.25) is 4.79 Å². The van der Waals surface area contributed by atoms with Crippen molar-refractivity contribution in [2.75, 3.05) is 7.11 Å². The van der Waals surface area contributed by atoms with Gasteiger partial charge in [-0.2, -0.15) is 9.78 Å². The summed E-state index contributed by atoms with van der Waals surface area (Å²) in [5.74, 6) is -0.862. The molecule has 0 aliphatic rings. The Morgan fingerprint density at radius 1 is 1.34 bits per heavy atom. The Balaban J connectivity index is 1.71. The number of benzene rings is 2. The predicted molar refractivity (Wildman–Crippen MR) is 100 cm³/mol. The van der Waals surface area contributed by atoms with Gasteiger partial charge in [-0.05, 0) is 53.0 Å². The molecule has 0 bridgehead atoms. The van der Waals surface area contributed by atoms with E-state index in [1.165, 1.54) is 48.6 Å². The number of nitro groups is 1. The van der Waals surface area contributed by atoms with Crippen molar-refractivity contribution in [2.45, 2.75) is 6.54 Å². The molecule has 0 saturated heterocycles. The molecule has 0 aliphatic carbocycles. The fourth-order valence-electron chi connectivity index (χ4n) is 2.45. The molecule has 10 nitrogen and oxygen atoms in total. The zero-order valence-electron chi connectivity index (χ0n) is 15.2. The van der Waals surface area contributed by atoms with Crippen molar-refractivity contribution in [2.24, 2.45) is 5.10 Å². The van der Waals surface area contributed by atoms with Gasteiger partial charge in [0.1, 0.15) is 11.6 Å². The number of hydrogen-bond acceptors (Lipinski definition) is 7. The van der Waals surface area contributed by atoms with Gasteiger partial charge in [0.05, 0.1) is 19.9 Å². The van der Waals surface area contributed by atoms with E-state index >= 15 is 0 Å². The van der Waals surface area contributed by atoms with Crippen molar-refractivity contribution >= 4 is 18.1 Å². The summed E-state index contributed by atoms with van der Waals surface area (Å²) in [6.45, 7) is 0.188. The largest absolute Gasteiger partial charge is 0.496 e. The summed E-state index contributed by atoms with van der Waals surface area (Å²) in [7, 11) is 1.50. The average molecular weight is 398 g/mol. The quantitative estimate of drug-likeness (QED) is 0.369. The van der Waals surface area contributed by atoms with Gasteiger partial charge in [0.15, 0.2) is 0 Å². The standard InChI is InChI=1S/C18H15FN6O4/c1-29-16-7-2-12(8-14(16)10-24-11-20-18(23-24)25(27)28)9-21-22-17(26)13-3-5-15(19)6-4-13/h2-9,11H,10H2,1H3,(H,22,26). The van der Waals surface area contributed by atoms with Crippen molar-refractivity contribution in [3.05, 3.63) is 81.4 Å². The number of amides is 1. The Morgan fingerprint density at radius 2 is 2.10 bits per heavy atom. The SMILES string of the molecule is COc1ccc(C=NNC(=O)c2ccc(F)cc2)cc1Cn1cnc([N+](=O)[O-])n1. The van der Waals surface area contributed by atoms with Crippen LogP contribution in [0.3, 0.4) is 0 Å². The lowest BCUT2D eigenvalue weighted by Gasteiger charge is -2.08. The lowest BCUT2D eigenvalue weighted by molar-refractivity contribution is -0.394. The maximum Gasteiger partial charge on any atom is 0.490 e. The van der Waals surface area contributed by atoms with Crippen LogP contribution < -0.4 is 10.2 Å². The number of hydrazone groups is 1. The van der Waals surface area contributed by atoms with Crippen LogP contribution in [-0.4, -0.2) is 38.9 Å². The van der Waals surface area contributed by atoms with Gasteiger partial charge in [-0.25, -0.2) is 9.82 Å². The molecule has 1 aromatic heterocycles. The molecule has 0 spiro atoms. The molecule has 0 radical (unpaired) electrons. The fraction of sp³-hybridized carbons (Fsp3) is 0.111. The van der Waals surface area contributed by atoms with E-state index in [0.29, 0.717) is 16.9 Å². The summed E-state index contributed by atoms with van der Waals surface area (Å²) in [5, 5.41) is 18.4. The summed E-state index contributed by atoms with van der Waals surface area (Å²) in [6.07, 6.45) is 2.68. The zero-order chi connectivity index (χ0) is 20.8. The number of hydrogen-bond donors (Lipinski definition) is 1. The van der Waals surface area contributed by atoms with Crippen LogP contribution >= 0.6 is 0 Å². The van der Waals surface area contributed by atoms with E-state index in [2.05, 4.69) is 20.6 Å². The molecule has 0 atom stereocenters. The molecule has 1 N–H and O–H groups in total. The van der Waals surface area contributed by atoms with Crippen LogP contribution in [0.4, 0.5) is 10.3 Å². The van der Waals surface area contributed by atoms with Gasteiger partial charge >= 0.3 is 5.95 Å². The van der Waals surface area contributed by atoms with E-state index in [4.69, 9.17) is 4.74 Å². The molecule has 1 heterocycles. The fourth-order valence-corrected chi connectivity index (χ4v) is 2.45. The molecular formula is C18H15FN6O4. The maximum atomic E-state index is 12.9. The predicted octanol–water partition coefficient (Wildman–Crippen LogP) is 2.15. The van der Waals surface area contributed by atoms with E-state index in [9.17, 15) is 19.3 Å². The first kappa shape index (κ1) is 19.6. The van der Waals surface area contributed by atoms with E-state index in [-0.39, 0.29) is 12.1 Å². The number of rotatable bonds is 7. The third-order valence-electron chi connectivity index (χ3n) is 3.81. The molecule has 0 fully saturated rings. The number of carbonyl (C=O) groups is 1. The highest BCUT2D eigenvalue weighted by atomic mass is 19.1. The average Bonchev–Trinajstić information content (AvgIpc) is 3.17. The topological polar surface area (TPSA) is 125 Å². The summed E-state index contributed by atoms with van der Waals surface area (Å²) in [4.78, 5) is 25.6. The van der Waals surface area contributed by atoms with Crippen molar-refractivity contribution in [3.8, 4) is 5.75 Å². The van der Waals surface area contributed by atoms with Crippen molar-refractivity contribution in [1.29, 1.82) is 0 Å². The number of methoxy groups -OCH3 is 1. The second-order valence-corrected chi connectivity index (χ2v) is 5.78. The molecule has 0 saturated carbocycles. The van der Waals surface area contributed by atoms with Crippen LogP contribution in [0.2, 0.25) is 0 Å². The molecule has 29 heavy (non-hydrogen) atoms. The van der Waals surface area contributed by atoms with Gasteiger partial charge in [-0.1, -0.05) is 4.98 Å². The summed E-state index contributed by atoms with van der Waals surface area (Å²) >= 11 is 0. The second-order valence-electron chi connectivity index (χ2n) is 5.78. The first-order valence-electron chi connectivity index (χ1n) is 8.26. The Bertz CT molecular complexity index is 1060. The summed E-state index contributed by atoms with van der Waals surface area (Å²) in [6, 6.07) is 10.2. The minimum atomic E-state index is -0.680. The number of nitrogens with one attached hydrogen (secondary N) is 1. The Labute approximate surface area is 163 Å². The molecular weight excluding hydrogens is 383 g/mol. The third-order valence-corrected chi connectivity index (χ3v) is 3.81. The molecule has 0 aliphatic heterocycles. The molecule has 11 heteroatoms. The third kappa shape index (κ3) is 4.97. The minimum absolute atomic E-state index is 0.188. The number of ether oxygens (including phenoxy) is 1. The van der Waals surface area contributed by atoms with Crippen LogP contribution in [0.5, 0.6) is 5.75 Å². The monoisotopic (exact) mass is 398 g/mol. The van der Waals surface area contributed by atoms with Crippen LogP contribution in [0.25, 0.3) is 0 Å². The lowest BCUT2D eigenvalue weighted by atomic mass is 10.1. The smallest absolute Gasteiger partial charge is 0.490 e. The maximum absolute atomic E-state index is 12.9. The van der Waals surface area contributed by atoms with Gasteiger partial charge in [0, 0.05) is 16.2 Å². The van der Waals surface area contributed by atoms with Gasteiger partial charge in [0.2, 0.25) is 6.33 Å². The van der Waals surface area contributed by atoms with E-state index in [1.807, 2.05) is 0 Å². The minimum Gasteiger partial charge on any atom is -0.496 e. The van der Waals surface area contributed by atoms with Crippen LogP contribution in [-0.2, 0) is 6.54 Å². The van der Waals surface area contributed by atoms with E-state index < -0.39 is 22.6 Å². The Morgan fingerprint density at radius 3 is 2.76 bits per heavy atom. The lowest BCUT2D eigenvalue weighted by Crippen LogP contribution is -2.17. The molecule has 0 unspecified atom stereocenters. The van der Waals surface area contributed by atoms with Crippen LogP contribution in [0.1, 0.15) is 21.5 Å². The number of nitrogens with zero attached hydrogens (tertiary/aromatic N) is 5. The van der Waals surface area contributed by atoms with Gasteiger partial charge in [0.25, 0.3) is 5.91 Å². The number of halogens is 1. The second kappa shape index (κ2) is 8.69. The van der Waals surface area contributed by atoms with Crippen LogP contribution in [0, 0.1) is 15.9 Å². The first-order chi connectivity index (χ1) is 14.0. The molecule has 3 aromatic rings. The molecule has 1 amide bonds. The molecule has 148 valence electrons. The zero-order valence-corrected chi connectivity index (χ0v) is 15.2. The normalized spacial score (nSPS) is 10.8. The van der Waals surface area contributed by atoms with Crippen molar-refractivity contribution in [3.63, 3.8) is 0 Å². The van der Waals surface area contributed by atoms with Crippen LogP contribution in [0.15, 0.2) is 53.9 Å². The van der Waals surface area contributed by atoms with Gasteiger partial charge in [-0.15, -0.1) is 0 Å². The molecule has 3 rings (SSSR count). The van der Waals surface area contributed by atoms with Crippen molar-refractivity contribution in [1.82, 2.24) is 20.2 Å². The van der Waals surface area contributed by atoms with Crippen molar-refractivity contribution < 1.29 is 18.8 Å². The highest BCUT2D eigenvalue weighted by Gasteiger charge is 2.15. The molecule has 2 aromatic carbocycles. The summed E-state index contributed by atoms with van der Waals surface area (Å²) in [5.41, 5.74) is 3.95. The van der Waals surface area contributed by atoms with E-state index in [1.54, 1.807) is 18.2 Å².